The van der Waals surface area contributed by atoms with Crippen molar-refractivity contribution >= 4 is 42.6 Å². The van der Waals surface area contributed by atoms with Crippen molar-refractivity contribution in [2.75, 3.05) is 13.7 Å². The fourth-order valence-corrected chi connectivity index (χ4v) is 7.02. The van der Waals surface area contributed by atoms with Crippen LogP contribution in [0.1, 0.15) is 29.8 Å². The van der Waals surface area contributed by atoms with Gasteiger partial charge in [0.25, 0.3) is 0 Å². The Morgan fingerprint density at radius 2 is 1.45 bits per heavy atom. The molecule has 192 valence electrons. The minimum atomic E-state index is -1.02. The van der Waals surface area contributed by atoms with Crippen LogP contribution in [0.25, 0.3) is 25.1 Å². The number of ether oxygens (including phenoxy) is 3. The molecular formula is C31H26FO5S+. The molecule has 0 aliphatic heterocycles. The molecule has 38 heavy (non-hydrogen) atoms. The highest BCUT2D eigenvalue weighted by Gasteiger charge is 2.29. The van der Waals surface area contributed by atoms with E-state index in [1.165, 1.54) is 12.1 Å². The zero-order valence-electron chi connectivity index (χ0n) is 21.2. The molecule has 0 fully saturated rings. The first kappa shape index (κ1) is 25.4. The number of rotatable bonds is 7. The van der Waals surface area contributed by atoms with Crippen LogP contribution in [0.3, 0.4) is 0 Å². The summed E-state index contributed by atoms with van der Waals surface area (Å²) < 4.78 is 32.1. The maximum atomic E-state index is 13.3. The van der Waals surface area contributed by atoms with Crippen molar-refractivity contribution in [3.63, 3.8) is 0 Å². The molecule has 4 aromatic carbocycles. The molecule has 0 atom stereocenters. The van der Waals surface area contributed by atoms with Crippen LogP contribution in [0.4, 0.5) is 4.39 Å². The van der Waals surface area contributed by atoms with Crippen LogP contribution in [0.2, 0.25) is 0 Å². The number of fused-ring (bicyclic) bond motifs is 3. The second kappa shape index (κ2) is 10.3. The number of hydrogen-bond donors (Lipinski definition) is 0. The van der Waals surface area contributed by atoms with E-state index in [1.54, 1.807) is 51.3 Å². The standard InChI is InChI=1S/C31H26FO5S/c1-31(2,21-13-15-22(32)16-14-21)37-29(33)19-36-30(34)20-12-17-25(35-3)28(18-20)38-26-10-6-4-8-23(26)24-9-5-7-11-27(24)38/h4-18H,19H2,1-3H3/q+1. The lowest BCUT2D eigenvalue weighted by Crippen LogP contribution is -2.28. The monoisotopic (exact) mass is 529 g/mol. The molecule has 7 heteroatoms. The predicted octanol–water partition coefficient (Wildman–Crippen LogP) is 7.51. The molecule has 0 unspecified atom stereocenters. The highest BCUT2D eigenvalue weighted by molar-refractivity contribution is 7.50. The average molecular weight is 530 g/mol. The van der Waals surface area contributed by atoms with Crippen LogP contribution in [-0.4, -0.2) is 25.7 Å². The third-order valence-electron chi connectivity index (χ3n) is 6.35. The molecule has 0 aliphatic carbocycles. The summed E-state index contributed by atoms with van der Waals surface area (Å²) in [6, 6.07) is 27.3. The molecule has 0 radical (unpaired) electrons. The van der Waals surface area contributed by atoms with Crippen LogP contribution in [0.5, 0.6) is 5.75 Å². The van der Waals surface area contributed by atoms with Gasteiger partial charge < -0.3 is 14.2 Å². The van der Waals surface area contributed by atoms with Crippen molar-refractivity contribution in [3.05, 3.63) is 108 Å². The Morgan fingerprint density at radius 3 is 2.05 bits per heavy atom. The molecule has 0 amide bonds. The van der Waals surface area contributed by atoms with Crippen molar-refractivity contribution < 1.29 is 28.2 Å². The van der Waals surface area contributed by atoms with Crippen LogP contribution in [0, 0.1) is 5.82 Å². The quantitative estimate of drug-likeness (QED) is 0.161. The van der Waals surface area contributed by atoms with Gasteiger partial charge in [-0.2, -0.15) is 0 Å². The normalized spacial score (nSPS) is 11.5. The Hall–Kier alpha value is -4.23. The van der Waals surface area contributed by atoms with E-state index in [9.17, 15) is 14.0 Å². The van der Waals surface area contributed by atoms with Crippen LogP contribution in [-0.2, 0) is 19.9 Å². The fourth-order valence-electron chi connectivity index (χ4n) is 4.48. The van der Waals surface area contributed by atoms with Crippen molar-refractivity contribution in [1.29, 1.82) is 0 Å². The number of halogens is 1. The van der Waals surface area contributed by atoms with E-state index in [2.05, 4.69) is 24.3 Å². The van der Waals surface area contributed by atoms with E-state index >= 15 is 0 Å². The fraction of sp³-hybridized carbons (Fsp3) is 0.161. The summed E-state index contributed by atoms with van der Waals surface area (Å²) in [6.45, 7) is 2.82. The smallest absolute Gasteiger partial charge is 0.345 e. The van der Waals surface area contributed by atoms with Crippen molar-refractivity contribution in [2.45, 2.75) is 19.4 Å². The number of thiophene rings is 1. The molecule has 0 saturated carbocycles. The van der Waals surface area contributed by atoms with Gasteiger partial charge in [0.05, 0.1) is 12.7 Å². The summed E-state index contributed by atoms with van der Waals surface area (Å²) in [5.41, 5.74) is -0.0910. The van der Waals surface area contributed by atoms with E-state index in [0.717, 1.165) is 25.1 Å². The highest BCUT2D eigenvalue weighted by Crippen LogP contribution is 2.51. The van der Waals surface area contributed by atoms with Crippen LogP contribution in [0.15, 0.2) is 91.0 Å². The van der Waals surface area contributed by atoms with E-state index in [-0.39, 0.29) is 5.82 Å². The van der Waals surface area contributed by atoms with Gasteiger partial charge >= 0.3 is 11.9 Å². The molecule has 5 aromatic rings. The summed E-state index contributed by atoms with van der Waals surface area (Å²) in [4.78, 5) is 26.3. The van der Waals surface area contributed by atoms with Gasteiger partial charge in [-0.1, -0.05) is 36.4 Å². The predicted molar refractivity (Wildman–Crippen MR) is 148 cm³/mol. The molecule has 1 aromatic heterocycles. The zero-order valence-corrected chi connectivity index (χ0v) is 22.0. The molecular weight excluding hydrogens is 503 g/mol. The Kier molecular flexibility index (Phi) is 6.87. The van der Waals surface area contributed by atoms with Gasteiger partial charge in [-0.15, -0.1) is 0 Å². The Morgan fingerprint density at radius 1 is 0.842 bits per heavy atom. The maximum absolute atomic E-state index is 13.3. The van der Waals surface area contributed by atoms with Gasteiger partial charge in [0.15, 0.2) is 21.8 Å². The summed E-state index contributed by atoms with van der Waals surface area (Å²) in [5, 5.41) is 2.32. The second-order valence-corrected chi connectivity index (χ2v) is 11.2. The Balaban J connectivity index is 1.40. The van der Waals surface area contributed by atoms with Crippen LogP contribution < -0.4 is 4.74 Å². The number of methoxy groups -OCH3 is 1. The highest BCUT2D eigenvalue weighted by atomic mass is 32.2. The molecule has 0 saturated heterocycles. The first-order chi connectivity index (χ1) is 18.3. The van der Waals surface area contributed by atoms with Gasteiger partial charge in [-0.05, 0) is 67.9 Å². The SMILES string of the molecule is COc1ccc(C(=O)OCC(=O)OC(C)(C)c2ccc(F)cc2)cc1-[s+]1c2ccccc2c2ccccc21. The number of carbonyl (C=O) groups is 2. The summed E-state index contributed by atoms with van der Waals surface area (Å²) in [7, 11) is 1.13. The van der Waals surface area contributed by atoms with Gasteiger partial charge in [-0.25, -0.2) is 14.0 Å². The number of carbonyl (C=O) groups excluding carboxylic acids is 2. The molecule has 5 rings (SSSR count). The lowest BCUT2D eigenvalue weighted by Gasteiger charge is -2.25. The van der Waals surface area contributed by atoms with E-state index in [4.69, 9.17) is 14.2 Å². The number of hydrogen-bond acceptors (Lipinski definition) is 5. The third kappa shape index (κ3) is 4.85. The average Bonchev–Trinajstić information content (AvgIpc) is 3.25. The lowest BCUT2D eigenvalue weighted by atomic mass is 9.98. The van der Waals surface area contributed by atoms with Gasteiger partial charge in [0.1, 0.15) is 11.4 Å². The first-order valence-electron chi connectivity index (χ1n) is 12.0. The zero-order chi connectivity index (χ0) is 26.9. The Labute approximate surface area is 222 Å². The molecule has 0 aliphatic rings. The molecule has 0 spiro atoms. The van der Waals surface area contributed by atoms with Crippen molar-refractivity contribution in [3.8, 4) is 10.6 Å². The largest absolute Gasteiger partial charge is 0.491 e. The van der Waals surface area contributed by atoms with E-state index in [0.29, 0.717) is 16.9 Å². The van der Waals surface area contributed by atoms with Gasteiger partial charge in [0.2, 0.25) is 4.90 Å². The van der Waals surface area contributed by atoms with E-state index in [1.807, 2.05) is 24.3 Å². The number of esters is 2. The second-order valence-electron chi connectivity index (χ2n) is 9.23. The van der Waals surface area contributed by atoms with Crippen LogP contribution >= 0.6 is 10.5 Å². The van der Waals surface area contributed by atoms with Gasteiger partial charge in [-0.3, -0.25) is 0 Å². The third-order valence-corrected chi connectivity index (χ3v) is 8.70. The van der Waals surface area contributed by atoms with Crippen molar-refractivity contribution in [2.24, 2.45) is 0 Å². The maximum Gasteiger partial charge on any atom is 0.345 e. The topological polar surface area (TPSA) is 61.8 Å². The van der Waals surface area contributed by atoms with Gasteiger partial charge in [0, 0.05) is 27.3 Å². The summed E-state index contributed by atoms with van der Waals surface area (Å²) >= 11 is 0. The number of benzene rings is 4. The summed E-state index contributed by atoms with van der Waals surface area (Å²) in [5.74, 6) is -1.07. The molecule has 5 nitrogen and oxygen atoms in total. The first-order valence-corrected chi connectivity index (χ1v) is 13.3. The molecule has 0 N–H and O–H groups in total. The summed E-state index contributed by atoms with van der Waals surface area (Å²) in [6.07, 6.45) is 0. The Bertz CT molecular complexity index is 1600. The lowest BCUT2D eigenvalue weighted by molar-refractivity contribution is -0.161. The molecule has 1 heterocycles. The van der Waals surface area contributed by atoms with E-state index < -0.39 is 34.6 Å². The molecule has 0 bridgehead atoms. The van der Waals surface area contributed by atoms with Crippen molar-refractivity contribution in [1.82, 2.24) is 0 Å². The minimum absolute atomic E-state index is 0.306. The minimum Gasteiger partial charge on any atom is -0.491 e.